The Morgan fingerprint density at radius 2 is 2.00 bits per heavy atom. The maximum absolute atomic E-state index is 13.5. The lowest BCUT2D eigenvalue weighted by molar-refractivity contribution is 0.0165. The Balaban J connectivity index is 1.41. The smallest absolute Gasteiger partial charge is 0.267 e. The van der Waals surface area contributed by atoms with Gasteiger partial charge in [-0.05, 0) is 59.6 Å². The predicted octanol–water partition coefficient (Wildman–Crippen LogP) is 4.37. The predicted molar refractivity (Wildman–Crippen MR) is 137 cm³/mol. The van der Waals surface area contributed by atoms with Crippen LogP contribution < -0.4 is 20.3 Å². The summed E-state index contributed by atoms with van der Waals surface area (Å²) in [6.45, 7) is 4.73. The standard InChI is InChI=1S/C25H21BrN6O3/c1-14-7-8-18(17(26)9-14)32-22-15(21-16(23(32)33)11-29-31-21)10-27-24(30-22)28-12-25(2)13-34-19-5-3-4-6-20(19)35-25/h3-11H,12-13H2,1-2H3,(H,29,31)(H,27,28,30). The van der Waals surface area contributed by atoms with Gasteiger partial charge in [0.25, 0.3) is 5.56 Å². The van der Waals surface area contributed by atoms with E-state index in [1.165, 1.54) is 6.20 Å². The van der Waals surface area contributed by atoms with E-state index < -0.39 is 5.60 Å². The van der Waals surface area contributed by atoms with Gasteiger partial charge in [-0.1, -0.05) is 18.2 Å². The number of hydrogen-bond acceptors (Lipinski definition) is 7. The van der Waals surface area contributed by atoms with Gasteiger partial charge in [0, 0.05) is 10.7 Å². The van der Waals surface area contributed by atoms with Crippen molar-refractivity contribution in [3.8, 4) is 17.2 Å². The quantitative estimate of drug-likeness (QED) is 0.353. The molecule has 2 aromatic carbocycles. The van der Waals surface area contributed by atoms with Crippen molar-refractivity contribution < 1.29 is 9.47 Å². The van der Waals surface area contributed by atoms with E-state index in [0.717, 1.165) is 15.8 Å². The van der Waals surface area contributed by atoms with Crippen molar-refractivity contribution in [2.24, 2.45) is 0 Å². The minimum atomic E-state index is -0.625. The van der Waals surface area contributed by atoms with Crippen molar-refractivity contribution in [3.05, 3.63) is 75.2 Å². The third-order valence-electron chi connectivity index (χ3n) is 6.03. The second-order valence-corrected chi connectivity index (χ2v) is 9.68. The molecule has 0 radical (unpaired) electrons. The number of fused-ring (bicyclic) bond motifs is 4. The lowest BCUT2D eigenvalue weighted by Gasteiger charge is -2.35. The number of nitrogens with one attached hydrogen (secondary N) is 2. The van der Waals surface area contributed by atoms with Gasteiger partial charge in [-0.25, -0.2) is 4.98 Å². The number of H-pyrrole nitrogens is 1. The van der Waals surface area contributed by atoms with E-state index in [2.05, 4.69) is 36.4 Å². The Hall–Kier alpha value is -3.92. The summed E-state index contributed by atoms with van der Waals surface area (Å²) in [5.74, 6) is 1.79. The molecule has 2 N–H and O–H groups in total. The molecule has 0 spiro atoms. The number of aryl methyl sites for hydroxylation is 1. The molecule has 176 valence electrons. The van der Waals surface area contributed by atoms with Crippen LogP contribution in [0.4, 0.5) is 5.95 Å². The summed E-state index contributed by atoms with van der Waals surface area (Å²) in [6.07, 6.45) is 3.22. The first kappa shape index (κ1) is 21.6. The highest BCUT2D eigenvalue weighted by molar-refractivity contribution is 9.10. The van der Waals surface area contributed by atoms with Crippen LogP contribution in [0.5, 0.6) is 11.5 Å². The largest absolute Gasteiger partial charge is 0.485 e. The van der Waals surface area contributed by atoms with Crippen LogP contribution in [-0.2, 0) is 0 Å². The molecule has 9 nitrogen and oxygen atoms in total. The number of aromatic amines is 1. The van der Waals surface area contributed by atoms with Crippen LogP contribution >= 0.6 is 15.9 Å². The minimum absolute atomic E-state index is 0.219. The highest BCUT2D eigenvalue weighted by Crippen LogP contribution is 2.35. The number of halogens is 1. The summed E-state index contributed by atoms with van der Waals surface area (Å²) in [5.41, 5.74) is 1.98. The summed E-state index contributed by atoms with van der Waals surface area (Å²) >= 11 is 3.61. The summed E-state index contributed by atoms with van der Waals surface area (Å²) in [4.78, 5) is 22.7. The van der Waals surface area contributed by atoms with Crippen LogP contribution in [0.25, 0.3) is 27.6 Å². The highest BCUT2D eigenvalue weighted by Gasteiger charge is 2.33. The molecule has 5 aromatic rings. The molecule has 0 amide bonds. The maximum Gasteiger partial charge on any atom is 0.267 e. The Morgan fingerprint density at radius 3 is 2.83 bits per heavy atom. The van der Waals surface area contributed by atoms with E-state index in [1.807, 2.05) is 56.3 Å². The third kappa shape index (κ3) is 3.70. The third-order valence-corrected chi connectivity index (χ3v) is 6.66. The molecule has 3 aromatic heterocycles. The summed E-state index contributed by atoms with van der Waals surface area (Å²) in [7, 11) is 0. The fraction of sp³-hybridized carbons (Fsp3) is 0.200. The van der Waals surface area contributed by atoms with E-state index >= 15 is 0 Å². The lowest BCUT2D eigenvalue weighted by Crippen LogP contribution is -2.47. The Bertz CT molecular complexity index is 1660. The van der Waals surface area contributed by atoms with Crippen LogP contribution in [0.1, 0.15) is 12.5 Å². The van der Waals surface area contributed by atoms with E-state index in [9.17, 15) is 4.79 Å². The minimum Gasteiger partial charge on any atom is -0.485 e. The summed E-state index contributed by atoms with van der Waals surface area (Å²) in [5, 5.41) is 11.4. The monoisotopic (exact) mass is 532 g/mol. The molecule has 35 heavy (non-hydrogen) atoms. The molecule has 0 fully saturated rings. The van der Waals surface area contributed by atoms with E-state index in [0.29, 0.717) is 52.5 Å². The second kappa shape index (κ2) is 8.09. The zero-order valence-electron chi connectivity index (χ0n) is 19.0. The van der Waals surface area contributed by atoms with Gasteiger partial charge in [0.2, 0.25) is 5.95 Å². The zero-order valence-corrected chi connectivity index (χ0v) is 20.6. The maximum atomic E-state index is 13.5. The Morgan fingerprint density at radius 1 is 1.17 bits per heavy atom. The number of para-hydroxylation sites is 2. The second-order valence-electron chi connectivity index (χ2n) is 8.83. The number of rotatable bonds is 4. The highest BCUT2D eigenvalue weighted by atomic mass is 79.9. The van der Waals surface area contributed by atoms with Gasteiger partial charge in [-0.2, -0.15) is 10.1 Å². The van der Waals surface area contributed by atoms with Crippen LogP contribution in [0.15, 0.2) is 64.1 Å². The molecule has 10 heteroatoms. The number of anilines is 1. The van der Waals surface area contributed by atoms with Gasteiger partial charge in [-0.3, -0.25) is 14.5 Å². The normalized spacial score (nSPS) is 17.1. The molecular weight excluding hydrogens is 512 g/mol. The topological polar surface area (TPSA) is 107 Å². The number of pyridine rings is 1. The Labute approximate surface area is 208 Å². The van der Waals surface area contributed by atoms with Crippen molar-refractivity contribution >= 4 is 43.8 Å². The van der Waals surface area contributed by atoms with Gasteiger partial charge < -0.3 is 14.8 Å². The van der Waals surface area contributed by atoms with Crippen molar-refractivity contribution in [1.82, 2.24) is 24.7 Å². The van der Waals surface area contributed by atoms with E-state index in [-0.39, 0.29) is 5.56 Å². The first-order valence-corrected chi connectivity index (χ1v) is 11.9. The van der Waals surface area contributed by atoms with Gasteiger partial charge in [0.05, 0.1) is 34.7 Å². The molecule has 0 saturated heterocycles. The fourth-order valence-corrected chi connectivity index (χ4v) is 4.89. The number of aromatic nitrogens is 5. The molecule has 0 aliphatic carbocycles. The Kier molecular flexibility index (Phi) is 4.99. The SMILES string of the molecule is Cc1ccc(-n2c(=O)c3cn[nH]c3c3cnc(NCC4(C)COc5ccccc5O4)nc32)c(Br)c1. The van der Waals surface area contributed by atoms with Crippen LogP contribution in [-0.4, -0.2) is 43.5 Å². The van der Waals surface area contributed by atoms with Crippen molar-refractivity contribution in [2.75, 3.05) is 18.5 Å². The number of ether oxygens (including phenoxy) is 2. The molecule has 1 aliphatic heterocycles. The van der Waals surface area contributed by atoms with Gasteiger partial charge >= 0.3 is 0 Å². The fourth-order valence-electron chi connectivity index (χ4n) is 4.22. The molecule has 1 atom stereocenters. The average Bonchev–Trinajstić information content (AvgIpc) is 3.34. The van der Waals surface area contributed by atoms with E-state index in [1.54, 1.807) is 10.8 Å². The molecule has 0 bridgehead atoms. The molecule has 0 saturated carbocycles. The average molecular weight is 533 g/mol. The lowest BCUT2D eigenvalue weighted by atomic mass is 10.1. The van der Waals surface area contributed by atoms with Crippen molar-refractivity contribution in [1.29, 1.82) is 0 Å². The molecule has 1 aliphatic rings. The first-order chi connectivity index (χ1) is 16.9. The van der Waals surface area contributed by atoms with Gasteiger partial charge in [0.1, 0.15) is 6.61 Å². The van der Waals surface area contributed by atoms with Crippen molar-refractivity contribution in [3.63, 3.8) is 0 Å². The summed E-state index contributed by atoms with van der Waals surface area (Å²) < 4.78 is 14.5. The zero-order chi connectivity index (χ0) is 24.2. The van der Waals surface area contributed by atoms with Gasteiger partial charge in [0.15, 0.2) is 22.7 Å². The first-order valence-electron chi connectivity index (χ1n) is 11.1. The molecule has 6 rings (SSSR count). The summed E-state index contributed by atoms with van der Waals surface area (Å²) in [6, 6.07) is 13.4. The van der Waals surface area contributed by atoms with E-state index in [4.69, 9.17) is 14.5 Å². The van der Waals surface area contributed by atoms with Crippen LogP contribution in [0.2, 0.25) is 0 Å². The number of nitrogens with zero attached hydrogens (tertiary/aromatic N) is 4. The van der Waals surface area contributed by atoms with Crippen LogP contribution in [0.3, 0.4) is 0 Å². The molecule has 1 unspecified atom stereocenters. The van der Waals surface area contributed by atoms with Crippen LogP contribution in [0, 0.1) is 6.92 Å². The molecule has 4 heterocycles. The number of benzene rings is 2. The number of hydrogen-bond donors (Lipinski definition) is 2. The molecular formula is C25H21BrN6O3. The van der Waals surface area contributed by atoms with Gasteiger partial charge in [-0.15, -0.1) is 0 Å². The van der Waals surface area contributed by atoms with Crippen molar-refractivity contribution in [2.45, 2.75) is 19.4 Å².